The Morgan fingerprint density at radius 2 is 1.83 bits per heavy atom. The van der Waals surface area contributed by atoms with Crippen LogP contribution in [0.3, 0.4) is 0 Å². The molecule has 1 aromatic carbocycles. The van der Waals surface area contributed by atoms with Crippen LogP contribution in [-0.4, -0.2) is 21.5 Å². The molecule has 2 aromatic rings. The zero-order valence-corrected chi connectivity index (χ0v) is 15.1. The molecule has 160 valence electrons. The summed E-state index contributed by atoms with van der Waals surface area (Å²) >= 11 is -0.753. The van der Waals surface area contributed by atoms with Gasteiger partial charge in [0.15, 0.2) is 11.4 Å². The number of halogens is 8. The van der Waals surface area contributed by atoms with Gasteiger partial charge in [-0.25, -0.2) is 13.8 Å². The van der Waals surface area contributed by atoms with E-state index in [1.54, 1.807) is 0 Å². The van der Waals surface area contributed by atoms with E-state index in [9.17, 15) is 40.2 Å². The van der Waals surface area contributed by atoms with Crippen LogP contribution in [0.15, 0.2) is 29.3 Å². The largest absolute Gasteiger partial charge is 0.453 e. The number of hydrogen-bond donors (Lipinski definition) is 1. The van der Waals surface area contributed by atoms with Gasteiger partial charge in [0.1, 0.15) is 23.5 Å². The highest BCUT2D eigenvalue weighted by molar-refractivity contribution is 8.00. The third-order valence-electron chi connectivity index (χ3n) is 4.11. The summed E-state index contributed by atoms with van der Waals surface area (Å²) in [4.78, 5) is 2.70. The SMILES string of the molecule is N#Cc1nccc(C(F)(F)F)c1Oc1ccc(SC(F)(F)F)c2c1CC(F)(F)C2O. The van der Waals surface area contributed by atoms with Crippen molar-refractivity contribution in [2.75, 3.05) is 0 Å². The van der Waals surface area contributed by atoms with E-state index in [1.165, 1.54) is 6.07 Å². The summed E-state index contributed by atoms with van der Waals surface area (Å²) in [6.07, 6.45) is -8.19. The van der Waals surface area contributed by atoms with Gasteiger partial charge in [0, 0.05) is 28.6 Å². The molecule has 0 aliphatic heterocycles. The molecule has 1 aliphatic rings. The Kier molecular flexibility index (Phi) is 5.36. The number of aliphatic hydroxyl groups excluding tert-OH is 1. The highest BCUT2D eigenvalue weighted by atomic mass is 32.2. The molecule has 1 aliphatic carbocycles. The van der Waals surface area contributed by atoms with E-state index in [0.717, 1.165) is 6.07 Å². The van der Waals surface area contributed by atoms with Gasteiger partial charge in [-0.15, -0.1) is 0 Å². The molecule has 13 heteroatoms. The van der Waals surface area contributed by atoms with Crippen molar-refractivity contribution in [1.82, 2.24) is 4.98 Å². The Morgan fingerprint density at radius 3 is 2.40 bits per heavy atom. The van der Waals surface area contributed by atoms with E-state index in [4.69, 9.17) is 10.00 Å². The number of ether oxygens (including phenoxy) is 1. The van der Waals surface area contributed by atoms with Crippen LogP contribution < -0.4 is 4.74 Å². The first-order chi connectivity index (χ1) is 13.7. The van der Waals surface area contributed by atoms with Gasteiger partial charge in [0.05, 0.1) is 0 Å². The van der Waals surface area contributed by atoms with Crippen LogP contribution in [0, 0.1) is 11.3 Å². The number of nitriles is 1. The summed E-state index contributed by atoms with van der Waals surface area (Å²) in [5.74, 6) is -5.61. The number of benzene rings is 1. The highest BCUT2D eigenvalue weighted by Gasteiger charge is 2.50. The topological polar surface area (TPSA) is 66.1 Å². The molecule has 1 heterocycles. The van der Waals surface area contributed by atoms with Crippen LogP contribution in [-0.2, 0) is 12.6 Å². The second-order valence-corrected chi connectivity index (χ2v) is 7.20. The number of aliphatic hydroxyl groups is 1. The molecule has 1 unspecified atom stereocenters. The molecule has 0 amide bonds. The number of fused-ring (bicyclic) bond motifs is 1. The Labute approximate surface area is 167 Å². The van der Waals surface area contributed by atoms with Gasteiger partial charge in [0.2, 0.25) is 0 Å². The number of nitrogens with zero attached hydrogens (tertiary/aromatic N) is 2. The molecule has 30 heavy (non-hydrogen) atoms. The average molecular weight is 456 g/mol. The standard InChI is InChI=1S/C17H8F8N2O2S/c18-15(19)5-7-10(1-2-11(12(7)14(15)28)30-17(23,24)25)29-13-8(16(20,21)22)3-4-27-9(13)6-26/h1-4,14,28H,5H2. The lowest BCUT2D eigenvalue weighted by Crippen LogP contribution is -2.21. The van der Waals surface area contributed by atoms with Crippen molar-refractivity contribution in [2.45, 2.75) is 35.0 Å². The molecule has 1 N–H and O–H groups in total. The maximum atomic E-state index is 14.0. The van der Waals surface area contributed by atoms with Crippen LogP contribution in [0.25, 0.3) is 0 Å². The minimum atomic E-state index is -5.00. The van der Waals surface area contributed by atoms with Crippen molar-refractivity contribution < 1.29 is 45.0 Å². The number of aromatic nitrogens is 1. The fraction of sp³-hybridized carbons (Fsp3) is 0.294. The maximum absolute atomic E-state index is 14.0. The highest BCUT2D eigenvalue weighted by Crippen LogP contribution is 2.53. The van der Waals surface area contributed by atoms with Crippen LogP contribution in [0.4, 0.5) is 35.1 Å². The normalized spacial score (nSPS) is 18.1. The molecule has 1 aromatic heterocycles. The van der Waals surface area contributed by atoms with E-state index in [0.29, 0.717) is 18.3 Å². The first kappa shape index (κ1) is 22.1. The quantitative estimate of drug-likeness (QED) is 0.481. The summed E-state index contributed by atoms with van der Waals surface area (Å²) in [7, 11) is 0. The zero-order chi connectivity index (χ0) is 22.5. The maximum Gasteiger partial charge on any atom is 0.446 e. The molecule has 0 fully saturated rings. The van der Waals surface area contributed by atoms with E-state index >= 15 is 0 Å². The molecule has 0 saturated heterocycles. The molecule has 0 bridgehead atoms. The van der Waals surface area contributed by atoms with Gasteiger partial charge in [-0.1, -0.05) is 0 Å². The first-order valence-corrected chi connectivity index (χ1v) is 8.68. The van der Waals surface area contributed by atoms with Crippen LogP contribution in [0.2, 0.25) is 0 Å². The third-order valence-corrected chi connectivity index (χ3v) is 4.92. The van der Waals surface area contributed by atoms with Crippen molar-refractivity contribution in [3.63, 3.8) is 0 Å². The molecular weight excluding hydrogens is 448 g/mol. The van der Waals surface area contributed by atoms with Crippen molar-refractivity contribution in [1.29, 1.82) is 5.26 Å². The van der Waals surface area contributed by atoms with Crippen LogP contribution in [0.1, 0.15) is 28.5 Å². The lowest BCUT2D eigenvalue weighted by atomic mass is 10.1. The molecule has 0 spiro atoms. The van der Waals surface area contributed by atoms with Crippen LogP contribution in [0.5, 0.6) is 11.5 Å². The second-order valence-electron chi connectivity index (χ2n) is 6.09. The average Bonchev–Trinajstić information content (AvgIpc) is 2.85. The molecule has 4 nitrogen and oxygen atoms in total. The Bertz CT molecular complexity index is 1030. The minimum absolute atomic E-state index is 0.494. The molecular formula is C17H8F8N2O2S. The van der Waals surface area contributed by atoms with Crippen LogP contribution >= 0.6 is 11.8 Å². The number of alkyl halides is 8. The third kappa shape index (κ3) is 4.15. The van der Waals surface area contributed by atoms with Crippen molar-refractivity contribution in [3.05, 3.63) is 46.8 Å². The fourth-order valence-electron chi connectivity index (χ4n) is 2.92. The Morgan fingerprint density at radius 1 is 1.17 bits per heavy atom. The molecule has 1 atom stereocenters. The summed E-state index contributed by atoms with van der Waals surface area (Å²) < 4.78 is 111. The van der Waals surface area contributed by atoms with E-state index < -0.39 is 80.7 Å². The summed E-state index contributed by atoms with van der Waals surface area (Å²) in [5, 5.41) is 18.9. The first-order valence-electron chi connectivity index (χ1n) is 7.86. The fourth-order valence-corrected chi connectivity index (χ4v) is 3.65. The number of rotatable bonds is 3. The molecule has 0 saturated carbocycles. The van der Waals surface area contributed by atoms with Gasteiger partial charge >= 0.3 is 11.7 Å². The Balaban J connectivity index is 2.17. The smallest absolute Gasteiger partial charge is 0.446 e. The minimum Gasteiger partial charge on any atom is -0.453 e. The predicted octanol–water partition coefficient (Wildman–Crippen LogP) is 5.60. The lowest BCUT2D eigenvalue weighted by molar-refractivity contribution is -0.138. The summed E-state index contributed by atoms with van der Waals surface area (Å²) in [6, 6.07) is 3.34. The van der Waals surface area contributed by atoms with Gasteiger partial charge < -0.3 is 9.84 Å². The number of pyridine rings is 1. The zero-order valence-electron chi connectivity index (χ0n) is 14.3. The summed E-state index contributed by atoms with van der Waals surface area (Å²) in [6.45, 7) is 0. The number of thioether (sulfide) groups is 1. The Hall–Kier alpha value is -2.59. The number of hydrogen-bond acceptors (Lipinski definition) is 5. The monoisotopic (exact) mass is 456 g/mol. The predicted molar refractivity (Wildman–Crippen MR) is 86.0 cm³/mol. The molecule has 3 rings (SSSR count). The van der Waals surface area contributed by atoms with E-state index in [1.807, 2.05) is 0 Å². The van der Waals surface area contributed by atoms with Crippen molar-refractivity contribution in [3.8, 4) is 17.6 Å². The molecule has 0 radical (unpaired) electrons. The van der Waals surface area contributed by atoms with Gasteiger partial charge in [-0.2, -0.15) is 31.6 Å². The van der Waals surface area contributed by atoms with Crippen molar-refractivity contribution >= 4 is 11.8 Å². The van der Waals surface area contributed by atoms with Crippen molar-refractivity contribution in [2.24, 2.45) is 0 Å². The van der Waals surface area contributed by atoms with Gasteiger partial charge in [-0.05, 0) is 30.0 Å². The van der Waals surface area contributed by atoms with Gasteiger partial charge in [0.25, 0.3) is 5.92 Å². The van der Waals surface area contributed by atoms with E-state index in [-0.39, 0.29) is 0 Å². The second kappa shape index (κ2) is 7.28. The van der Waals surface area contributed by atoms with Gasteiger partial charge in [-0.3, -0.25) is 0 Å². The summed E-state index contributed by atoms with van der Waals surface area (Å²) in [5.41, 5.74) is -8.49. The lowest BCUT2D eigenvalue weighted by Gasteiger charge is -2.18. The van der Waals surface area contributed by atoms with E-state index in [2.05, 4.69) is 4.98 Å².